The Hall–Kier alpha value is -2.18. The summed E-state index contributed by atoms with van der Waals surface area (Å²) in [4.78, 5) is 24.4. The highest BCUT2D eigenvalue weighted by Gasteiger charge is 2.20. The van der Waals surface area contributed by atoms with Crippen molar-refractivity contribution < 1.29 is 24.5 Å². The second kappa shape index (κ2) is 57.4. The largest absolute Gasteiger partial charge is 0.466 e. The molecule has 68 heavy (non-hydrogen) atoms. The lowest BCUT2D eigenvalue weighted by atomic mass is 10.0. The van der Waals surface area contributed by atoms with Gasteiger partial charge in [-0.1, -0.05) is 262 Å². The van der Waals surface area contributed by atoms with Gasteiger partial charge in [0.2, 0.25) is 5.91 Å². The predicted octanol–water partition coefficient (Wildman–Crippen LogP) is 18.6. The van der Waals surface area contributed by atoms with Crippen molar-refractivity contribution in [1.82, 2.24) is 5.32 Å². The van der Waals surface area contributed by atoms with Gasteiger partial charge in [0.05, 0.1) is 25.4 Å². The van der Waals surface area contributed by atoms with E-state index >= 15 is 0 Å². The van der Waals surface area contributed by atoms with Gasteiger partial charge >= 0.3 is 5.97 Å². The molecule has 0 heterocycles. The number of hydrogen-bond acceptors (Lipinski definition) is 5. The molecule has 1 amide bonds. The van der Waals surface area contributed by atoms with E-state index in [0.29, 0.717) is 25.9 Å². The molecule has 0 rings (SSSR count). The summed E-state index contributed by atoms with van der Waals surface area (Å²) in [7, 11) is 0. The van der Waals surface area contributed by atoms with Crippen LogP contribution in [0.3, 0.4) is 0 Å². The standard InChI is InChI=1S/C62H115NO5/c1-3-5-7-9-11-13-15-16-33-36-40-44-48-52-56-62(67)68-57-53-49-45-41-37-34-31-29-27-25-23-21-19-17-18-20-22-24-26-28-30-32-35-39-43-47-51-55-61(66)63-59(58-64)60(65)54-50-46-42-38-14-12-10-8-6-4-2/h9,11,15-18,21,23,59-60,64-65H,3-8,10,12-14,19-20,22,24-58H2,1-2H3,(H,63,66)/b11-9-,16-15-,18-17-,23-21-. The van der Waals surface area contributed by atoms with Gasteiger partial charge in [0.1, 0.15) is 0 Å². The summed E-state index contributed by atoms with van der Waals surface area (Å²) in [5.74, 6) is -0.0447. The Labute approximate surface area is 423 Å². The molecular weight excluding hydrogens is 839 g/mol. The number of amides is 1. The molecule has 398 valence electrons. The third-order valence-corrected chi connectivity index (χ3v) is 13.6. The fourth-order valence-corrected chi connectivity index (χ4v) is 8.98. The van der Waals surface area contributed by atoms with E-state index in [0.717, 1.165) is 57.8 Å². The Balaban J connectivity index is 3.41. The molecule has 3 N–H and O–H groups in total. The summed E-state index contributed by atoms with van der Waals surface area (Å²) >= 11 is 0. The van der Waals surface area contributed by atoms with E-state index < -0.39 is 12.1 Å². The van der Waals surface area contributed by atoms with Crippen molar-refractivity contribution in [2.75, 3.05) is 13.2 Å². The Morgan fingerprint density at radius 3 is 1.16 bits per heavy atom. The molecule has 2 atom stereocenters. The average Bonchev–Trinajstić information content (AvgIpc) is 3.34. The highest BCUT2D eigenvalue weighted by molar-refractivity contribution is 5.76. The molecule has 0 aliphatic heterocycles. The maximum absolute atomic E-state index is 12.4. The van der Waals surface area contributed by atoms with Crippen LogP contribution in [0.5, 0.6) is 0 Å². The molecule has 0 aromatic heterocycles. The first kappa shape index (κ1) is 65.8. The number of carbonyl (C=O) groups excluding carboxylic acids is 2. The maximum Gasteiger partial charge on any atom is 0.305 e. The summed E-state index contributed by atoms with van der Waals surface area (Å²) in [6, 6.07) is -0.543. The monoisotopic (exact) mass is 954 g/mol. The van der Waals surface area contributed by atoms with Crippen molar-refractivity contribution >= 4 is 11.9 Å². The van der Waals surface area contributed by atoms with Crippen molar-refractivity contribution in [1.29, 1.82) is 0 Å². The zero-order valence-electron chi connectivity index (χ0n) is 45.3. The number of aliphatic hydroxyl groups is 2. The predicted molar refractivity (Wildman–Crippen MR) is 296 cm³/mol. The molecule has 0 aliphatic carbocycles. The van der Waals surface area contributed by atoms with Gasteiger partial charge in [-0.15, -0.1) is 0 Å². The third-order valence-electron chi connectivity index (χ3n) is 13.6. The van der Waals surface area contributed by atoms with Crippen LogP contribution in [-0.4, -0.2) is 47.4 Å². The van der Waals surface area contributed by atoms with E-state index in [9.17, 15) is 19.8 Å². The molecule has 6 heteroatoms. The van der Waals surface area contributed by atoms with Gasteiger partial charge in [-0.3, -0.25) is 9.59 Å². The number of ether oxygens (including phenoxy) is 1. The average molecular weight is 955 g/mol. The normalized spacial score (nSPS) is 12.9. The van der Waals surface area contributed by atoms with Gasteiger partial charge < -0.3 is 20.3 Å². The van der Waals surface area contributed by atoms with Crippen molar-refractivity contribution in [3.05, 3.63) is 48.6 Å². The first-order chi connectivity index (χ1) is 33.5. The number of aliphatic hydroxyl groups excluding tert-OH is 2. The van der Waals surface area contributed by atoms with E-state index in [-0.39, 0.29) is 18.5 Å². The van der Waals surface area contributed by atoms with Crippen LogP contribution in [0.15, 0.2) is 48.6 Å². The fraction of sp³-hybridized carbons (Fsp3) is 0.839. The second-order valence-electron chi connectivity index (χ2n) is 20.3. The van der Waals surface area contributed by atoms with Crippen LogP contribution in [0.2, 0.25) is 0 Å². The van der Waals surface area contributed by atoms with E-state index in [4.69, 9.17) is 4.74 Å². The maximum atomic E-state index is 12.4. The van der Waals surface area contributed by atoms with Gasteiger partial charge in [-0.05, 0) is 83.5 Å². The molecule has 0 saturated carbocycles. The lowest BCUT2D eigenvalue weighted by Gasteiger charge is -2.22. The Morgan fingerprint density at radius 2 is 0.750 bits per heavy atom. The minimum Gasteiger partial charge on any atom is -0.466 e. The number of esters is 1. The highest BCUT2D eigenvalue weighted by atomic mass is 16.5. The smallest absolute Gasteiger partial charge is 0.305 e. The molecule has 0 aromatic rings. The second-order valence-corrected chi connectivity index (χ2v) is 20.3. The minimum absolute atomic E-state index is 0.00457. The van der Waals surface area contributed by atoms with E-state index in [1.165, 1.54) is 218 Å². The van der Waals surface area contributed by atoms with Crippen LogP contribution in [-0.2, 0) is 14.3 Å². The summed E-state index contributed by atoms with van der Waals surface area (Å²) in [6.45, 7) is 4.89. The molecule has 2 unspecified atom stereocenters. The number of unbranched alkanes of at least 4 members (excludes halogenated alkanes) is 36. The lowest BCUT2D eigenvalue weighted by Crippen LogP contribution is -2.45. The quantitative estimate of drug-likeness (QED) is 0.0321. The third kappa shape index (κ3) is 53.2. The van der Waals surface area contributed by atoms with Crippen LogP contribution in [0, 0.1) is 0 Å². The fourth-order valence-electron chi connectivity index (χ4n) is 8.98. The minimum atomic E-state index is -0.665. The summed E-state index contributed by atoms with van der Waals surface area (Å²) < 4.78 is 5.47. The van der Waals surface area contributed by atoms with Crippen LogP contribution >= 0.6 is 0 Å². The molecule has 0 aliphatic rings. The van der Waals surface area contributed by atoms with Gasteiger partial charge in [-0.2, -0.15) is 0 Å². The zero-order valence-corrected chi connectivity index (χ0v) is 45.3. The lowest BCUT2D eigenvalue weighted by molar-refractivity contribution is -0.143. The van der Waals surface area contributed by atoms with Crippen molar-refractivity contribution in [2.24, 2.45) is 0 Å². The zero-order chi connectivity index (χ0) is 49.3. The topological polar surface area (TPSA) is 95.9 Å². The summed E-state index contributed by atoms with van der Waals surface area (Å²) in [6.07, 6.45) is 72.6. The van der Waals surface area contributed by atoms with E-state index in [1.54, 1.807) is 0 Å². The molecule has 0 radical (unpaired) electrons. The molecule has 0 bridgehead atoms. The molecule has 6 nitrogen and oxygen atoms in total. The van der Waals surface area contributed by atoms with Crippen LogP contribution in [0.4, 0.5) is 0 Å². The molecule has 0 fully saturated rings. The first-order valence-corrected chi connectivity index (χ1v) is 29.9. The van der Waals surface area contributed by atoms with Gasteiger partial charge in [0.25, 0.3) is 0 Å². The van der Waals surface area contributed by atoms with Crippen LogP contribution in [0.25, 0.3) is 0 Å². The number of allylic oxidation sites excluding steroid dienone is 8. The van der Waals surface area contributed by atoms with Gasteiger partial charge in [0, 0.05) is 12.8 Å². The van der Waals surface area contributed by atoms with E-state index in [1.807, 2.05) is 0 Å². The number of rotatable bonds is 55. The van der Waals surface area contributed by atoms with Crippen LogP contribution < -0.4 is 5.32 Å². The van der Waals surface area contributed by atoms with Crippen LogP contribution in [0.1, 0.15) is 309 Å². The summed E-state index contributed by atoms with van der Waals surface area (Å²) in [5, 5.41) is 23.1. The first-order valence-electron chi connectivity index (χ1n) is 29.9. The number of nitrogens with one attached hydrogen (secondary N) is 1. The highest BCUT2D eigenvalue weighted by Crippen LogP contribution is 2.16. The Bertz CT molecular complexity index is 1150. The van der Waals surface area contributed by atoms with E-state index in [2.05, 4.69) is 67.8 Å². The SMILES string of the molecule is CCCC/C=C\C/C=C\CCCCCCCC(=O)OCCCCCCCCCCC/C=C\C/C=C\CCCCCCCCCCCCCC(=O)NC(CO)C(O)CCCCCCCCCCCC. The van der Waals surface area contributed by atoms with Gasteiger partial charge in [-0.25, -0.2) is 0 Å². The molecule has 0 spiro atoms. The molecule has 0 saturated heterocycles. The summed E-state index contributed by atoms with van der Waals surface area (Å²) in [5.41, 5.74) is 0. The number of carbonyl (C=O) groups is 2. The molecular formula is C62H115NO5. The van der Waals surface area contributed by atoms with Crippen molar-refractivity contribution in [3.63, 3.8) is 0 Å². The number of hydrogen-bond donors (Lipinski definition) is 3. The Kier molecular flexibility index (Phi) is 55.6. The van der Waals surface area contributed by atoms with Gasteiger partial charge in [0.15, 0.2) is 0 Å². The van der Waals surface area contributed by atoms with Crippen molar-refractivity contribution in [3.8, 4) is 0 Å². The van der Waals surface area contributed by atoms with Crippen molar-refractivity contribution in [2.45, 2.75) is 321 Å². The molecule has 0 aromatic carbocycles. The Morgan fingerprint density at radius 1 is 0.412 bits per heavy atom.